The zero-order valence-corrected chi connectivity index (χ0v) is 9.51. The largest absolute Gasteiger partial charge is 0.489 e. The van der Waals surface area contributed by atoms with Crippen LogP contribution in [-0.4, -0.2) is 41.1 Å². The van der Waals surface area contributed by atoms with Gasteiger partial charge in [0.1, 0.15) is 0 Å². The molecule has 2 rings (SSSR count). The van der Waals surface area contributed by atoms with E-state index in [1.165, 1.54) is 13.4 Å². The van der Waals surface area contributed by atoms with Gasteiger partial charge in [0, 0.05) is 25.9 Å². The highest BCUT2D eigenvalue weighted by Gasteiger charge is 2.21. The molecular formula is C10H14N4O3. The first-order valence-corrected chi connectivity index (χ1v) is 5.32. The normalized spacial score (nSPS) is 15.8. The molecule has 1 fully saturated rings. The van der Waals surface area contributed by atoms with Gasteiger partial charge in [-0.2, -0.15) is 0 Å². The molecule has 0 bridgehead atoms. The van der Waals surface area contributed by atoms with Crippen molar-refractivity contribution in [2.75, 3.05) is 25.1 Å². The fraction of sp³-hybridized carbons (Fsp3) is 0.500. The van der Waals surface area contributed by atoms with Gasteiger partial charge >= 0.3 is 0 Å². The van der Waals surface area contributed by atoms with E-state index in [1.807, 2.05) is 4.90 Å². The van der Waals surface area contributed by atoms with Crippen LogP contribution in [0.15, 0.2) is 16.3 Å². The molecule has 0 aromatic carbocycles. The van der Waals surface area contributed by atoms with Crippen molar-refractivity contribution in [2.45, 2.75) is 12.8 Å². The minimum Gasteiger partial charge on any atom is -0.489 e. The smallest absolute Gasteiger partial charge is 0.295 e. The highest BCUT2D eigenvalue weighted by atomic mass is 16.5. The van der Waals surface area contributed by atoms with Crippen molar-refractivity contribution in [2.24, 2.45) is 5.16 Å². The van der Waals surface area contributed by atoms with Crippen molar-refractivity contribution in [1.29, 1.82) is 0 Å². The van der Waals surface area contributed by atoms with E-state index in [4.69, 9.17) is 9.94 Å². The Balaban J connectivity index is 2.24. The Labute approximate surface area is 97.7 Å². The number of H-pyrrole nitrogens is 1. The minimum absolute atomic E-state index is 0.219. The van der Waals surface area contributed by atoms with Crippen molar-refractivity contribution < 1.29 is 9.94 Å². The maximum absolute atomic E-state index is 11.5. The highest BCUT2D eigenvalue weighted by Crippen LogP contribution is 2.23. The first kappa shape index (κ1) is 11.4. The number of anilines is 1. The number of ether oxygens (including phenoxy) is 1. The summed E-state index contributed by atoms with van der Waals surface area (Å²) in [5.41, 5.74) is 0.476. The number of rotatable bonds is 2. The molecule has 0 atom stereocenters. The Bertz CT molecular complexity index is 473. The first-order valence-electron chi connectivity index (χ1n) is 5.32. The van der Waals surface area contributed by atoms with Crippen LogP contribution in [0.1, 0.15) is 12.8 Å². The van der Waals surface area contributed by atoms with Crippen molar-refractivity contribution in [3.8, 4) is 5.75 Å². The number of nitrogens with zero attached hydrogens (tertiary/aromatic N) is 3. The van der Waals surface area contributed by atoms with Crippen molar-refractivity contribution in [3.05, 3.63) is 16.7 Å². The van der Waals surface area contributed by atoms with Gasteiger partial charge < -0.3 is 19.8 Å². The van der Waals surface area contributed by atoms with Gasteiger partial charge in [-0.3, -0.25) is 4.79 Å². The van der Waals surface area contributed by atoms with E-state index in [2.05, 4.69) is 15.1 Å². The summed E-state index contributed by atoms with van der Waals surface area (Å²) in [6.07, 6.45) is 2.68. The van der Waals surface area contributed by atoms with Crippen LogP contribution in [0.4, 0.5) is 5.82 Å². The zero-order valence-electron chi connectivity index (χ0n) is 9.51. The van der Waals surface area contributed by atoms with Gasteiger partial charge in [0.25, 0.3) is 5.56 Å². The second kappa shape index (κ2) is 4.86. The van der Waals surface area contributed by atoms with Crippen LogP contribution in [0.25, 0.3) is 0 Å². The topological polar surface area (TPSA) is 90.8 Å². The van der Waals surface area contributed by atoms with Crippen molar-refractivity contribution in [1.82, 2.24) is 9.97 Å². The Hall–Kier alpha value is -2.05. The zero-order chi connectivity index (χ0) is 12.3. The Morgan fingerprint density at radius 1 is 1.53 bits per heavy atom. The molecule has 0 amide bonds. The molecule has 1 aliphatic heterocycles. The van der Waals surface area contributed by atoms with E-state index in [-0.39, 0.29) is 11.3 Å². The van der Waals surface area contributed by atoms with Crippen LogP contribution in [0.5, 0.6) is 5.75 Å². The third-order valence-corrected chi connectivity index (χ3v) is 2.78. The van der Waals surface area contributed by atoms with Crippen LogP contribution in [-0.2, 0) is 0 Å². The summed E-state index contributed by atoms with van der Waals surface area (Å²) < 4.78 is 5.05. The molecule has 1 aliphatic rings. The SMILES string of the molecule is COc1c(N2CCC(=NO)CC2)nc[nH]c1=O. The third kappa shape index (κ3) is 2.22. The van der Waals surface area contributed by atoms with E-state index < -0.39 is 0 Å². The number of piperidine rings is 1. The molecule has 0 radical (unpaired) electrons. The fourth-order valence-corrected chi connectivity index (χ4v) is 1.86. The lowest BCUT2D eigenvalue weighted by Gasteiger charge is -2.28. The lowest BCUT2D eigenvalue weighted by molar-refractivity contribution is 0.315. The number of aromatic amines is 1. The molecule has 0 saturated carbocycles. The highest BCUT2D eigenvalue weighted by molar-refractivity contribution is 5.86. The Kier molecular flexibility index (Phi) is 3.27. The molecule has 1 aromatic heterocycles. The molecule has 7 nitrogen and oxygen atoms in total. The average Bonchev–Trinajstić information content (AvgIpc) is 2.38. The van der Waals surface area contributed by atoms with E-state index in [0.717, 1.165) is 5.71 Å². The molecule has 17 heavy (non-hydrogen) atoms. The van der Waals surface area contributed by atoms with Gasteiger partial charge in [-0.05, 0) is 0 Å². The average molecular weight is 238 g/mol. The van der Waals surface area contributed by atoms with E-state index in [1.54, 1.807) is 0 Å². The quantitative estimate of drug-likeness (QED) is 0.567. The monoisotopic (exact) mass is 238 g/mol. The number of hydrogen-bond donors (Lipinski definition) is 2. The summed E-state index contributed by atoms with van der Waals surface area (Å²) in [7, 11) is 1.44. The third-order valence-electron chi connectivity index (χ3n) is 2.78. The summed E-state index contributed by atoms with van der Waals surface area (Å²) >= 11 is 0. The van der Waals surface area contributed by atoms with Gasteiger partial charge in [-0.25, -0.2) is 4.98 Å². The number of nitrogens with one attached hydrogen (secondary N) is 1. The van der Waals surface area contributed by atoms with Gasteiger partial charge in [0.15, 0.2) is 5.82 Å². The lowest BCUT2D eigenvalue weighted by Crippen LogP contribution is -2.35. The molecule has 2 heterocycles. The predicted molar refractivity (Wildman–Crippen MR) is 62.1 cm³/mol. The van der Waals surface area contributed by atoms with E-state index in [9.17, 15) is 4.79 Å². The molecule has 1 aromatic rings. The van der Waals surface area contributed by atoms with Crippen LogP contribution in [0.2, 0.25) is 0 Å². The summed E-state index contributed by atoms with van der Waals surface area (Å²) in [4.78, 5) is 20.1. The summed E-state index contributed by atoms with van der Waals surface area (Å²) in [6.45, 7) is 1.32. The maximum atomic E-state index is 11.5. The Morgan fingerprint density at radius 3 is 2.82 bits per heavy atom. The molecular weight excluding hydrogens is 224 g/mol. The minimum atomic E-state index is -0.292. The Morgan fingerprint density at radius 2 is 2.24 bits per heavy atom. The molecule has 92 valence electrons. The van der Waals surface area contributed by atoms with Gasteiger partial charge in [-0.1, -0.05) is 5.16 Å². The maximum Gasteiger partial charge on any atom is 0.295 e. The number of oxime groups is 1. The van der Waals surface area contributed by atoms with Crippen LogP contribution < -0.4 is 15.2 Å². The van der Waals surface area contributed by atoms with E-state index >= 15 is 0 Å². The van der Waals surface area contributed by atoms with Gasteiger partial charge in [0.05, 0.1) is 19.1 Å². The molecule has 0 spiro atoms. The molecule has 1 saturated heterocycles. The second-order valence-corrected chi connectivity index (χ2v) is 3.74. The molecule has 0 aliphatic carbocycles. The second-order valence-electron chi connectivity index (χ2n) is 3.74. The van der Waals surface area contributed by atoms with E-state index in [0.29, 0.717) is 31.7 Å². The standard InChI is InChI=1S/C10H14N4O3/c1-17-8-9(11-6-12-10(8)15)14-4-2-7(13-16)3-5-14/h6,16H,2-5H2,1H3,(H,11,12,15). The predicted octanol–water partition coefficient (Wildman–Crippen LogP) is 0.209. The van der Waals surface area contributed by atoms with Gasteiger partial charge in [0.2, 0.25) is 5.75 Å². The first-order chi connectivity index (χ1) is 8.26. The fourth-order valence-electron chi connectivity index (χ4n) is 1.86. The summed E-state index contributed by atoms with van der Waals surface area (Å²) in [5.74, 6) is 0.755. The molecule has 0 unspecified atom stereocenters. The number of hydrogen-bond acceptors (Lipinski definition) is 6. The number of aromatic nitrogens is 2. The van der Waals surface area contributed by atoms with Crippen LogP contribution in [0, 0.1) is 0 Å². The molecule has 2 N–H and O–H groups in total. The van der Waals surface area contributed by atoms with Crippen molar-refractivity contribution >= 4 is 11.5 Å². The van der Waals surface area contributed by atoms with Crippen molar-refractivity contribution in [3.63, 3.8) is 0 Å². The van der Waals surface area contributed by atoms with Crippen LogP contribution >= 0.6 is 0 Å². The lowest BCUT2D eigenvalue weighted by atomic mass is 10.1. The molecule has 7 heteroatoms. The summed E-state index contributed by atoms with van der Waals surface area (Å²) in [5, 5.41) is 11.9. The summed E-state index contributed by atoms with van der Waals surface area (Å²) in [6, 6.07) is 0. The number of methoxy groups -OCH3 is 1. The van der Waals surface area contributed by atoms with Crippen LogP contribution in [0.3, 0.4) is 0 Å². The van der Waals surface area contributed by atoms with Gasteiger partial charge in [-0.15, -0.1) is 0 Å².